The molecule has 0 spiro atoms. The van der Waals surface area contributed by atoms with E-state index in [1.165, 1.54) is 20.0 Å². The quantitative estimate of drug-likeness (QED) is 0.782. The normalized spacial score (nSPS) is 16.1. The summed E-state index contributed by atoms with van der Waals surface area (Å²) in [7, 11) is 3.04. The first-order chi connectivity index (χ1) is 8.74. The van der Waals surface area contributed by atoms with Crippen LogP contribution in [0.25, 0.3) is 0 Å². The molecule has 1 saturated carbocycles. The van der Waals surface area contributed by atoms with Gasteiger partial charge in [-0.15, -0.1) is 0 Å². The van der Waals surface area contributed by atoms with E-state index in [2.05, 4.69) is 5.32 Å². The Morgan fingerprint density at radius 2 is 2.00 bits per heavy atom. The molecule has 1 aromatic rings. The number of rotatable bonds is 6. The zero-order chi connectivity index (χ0) is 13.0. The van der Waals surface area contributed by atoms with Crippen molar-refractivity contribution in [2.45, 2.75) is 18.9 Å². The van der Waals surface area contributed by atoms with Gasteiger partial charge >= 0.3 is 5.97 Å². The summed E-state index contributed by atoms with van der Waals surface area (Å²) in [6, 6.07) is 7.09. The SMILES string of the molecule is COC(=O)C(NCC1CC1)c1ccc(OC)cc1. The molecule has 0 aliphatic heterocycles. The first-order valence-electron chi connectivity index (χ1n) is 6.19. The van der Waals surface area contributed by atoms with Gasteiger partial charge in [-0.1, -0.05) is 12.1 Å². The maximum Gasteiger partial charge on any atom is 0.327 e. The average molecular weight is 249 g/mol. The van der Waals surface area contributed by atoms with Crippen molar-refractivity contribution in [3.05, 3.63) is 29.8 Å². The smallest absolute Gasteiger partial charge is 0.327 e. The van der Waals surface area contributed by atoms with E-state index in [4.69, 9.17) is 9.47 Å². The topological polar surface area (TPSA) is 47.6 Å². The largest absolute Gasteiger partial charge is 0.497 e. The molecule has 18 heavy (non-hydrogen) atoms. The van der Waals surface area contributed by atoms with Crippen molar-refractivity contribution in [3.63, 3.8) is 0 Å². The fourth-order valence-corrected chi connectivity index (χ4v) is 1.86. The molecule has 1 atom stereocenters. The summed E-state index contributed by atoms with van der Waals surface area (Å²) in [5, 5.41) is 3.27. The molecule has 0 radical (unpaired) electrons. The van der Waals surface area contributed by atoms with Gasteiger partial charge in [0.15, 0.2) is 0 Å². The van der Waals surface area contributed by atoms with E-state index in [0.717, 1.165) is 23.8 Å². The van der Waals surface area contributed by atoms with Gasteiger partial charge in [-0.3, -0.25) is 0 Å². The molecule has 1 aromatic carbocycles. The fourth-order valence-electron chi connectivity index (χ4n) is 1.86. The van der Waals surface area contributed by atoms with Crippen LogP contribution in [0.2, 0.25) is 0 Å². The highest BCUT2D eigenvalue weighted by Crippen LogP contribution is 2.29. The minimum Gasteiger partial charge on any atom is -0.497 e. The zero-order valence-electron chi connectivity index (χ0n) is 10.8. The van der Waals surface area contributed by atoms with Gasteiger partial charge < -0.3 is 14.8 Å². The van der Waals surface area contributed by atoms with Gasteiger partial charge in [-0.25, -0.2) is 4.79 Å². The van der Waals surface area contributed by atoms with E-state index in [9.17, 15) is 4.79 Å². The van der Waals surface area contributed by atoms with Crippen LogP contribution >= 0.6 is 0 Å². The zero-order valence-corrected chi connectivity index (χ0v) is 10.8. The average Bonchev–Trinajstić information content (AvgIpc) is 3.23. The number of benzene rings is 1. The number of esters is 1. The monoisotopic (exact) mass is 249 g/mol. The summed E-state index contributed by atoms with van der Waals surface area (Å²) < 4.78 is 9.95. The molecule has 1 fully saturated rings. The number of hydrogen-bond acceptors (Lipinski definition) is 4. The summed E-state index contributed by atoms with van der Waals surface area (Å²) in [5.74, 6) is 1.25. The van der Waals surface area contributed by atoms with Gasteiger partial charge in [0, 0.05) is 0 Å². The Kier molecular flexibility index (Phi) is 4.20. The Hall–Kier alpha value is -1.55. The van der Waals surface area contributed by atoms with E-state index >= 15 is 0 Å². The maximum atomic E-state index is 11.8. The molecular weight excluding hydrogens is 230 g/mol. The van der Waals surface area contributed by atoms with Gasteiger partial charge in [0.1, 0.15) is 11.8 Å². The van der Waals surface area contributed by atoms with Crippen LogP contribution in [0.4, 0.5) is 0 Å². The van der Waals surface area contributed by atoms with E-state index in [-0.39, 0.29) is 12.0 Å². The molecule has 0 aromatic heterocycles. The van der Waals surface area contributed by atoms with Crippen LogP contribution in [0.15, 0.2) is 24.3 Å². The molecule has 4 heteroatoms. The summed E-state index contributed by atoms with van der Waals surface area (Å²) in [6.45, 7) is 0.867. The van der Waals surface area contributed by atoms with Crippen LogP contribution < -0.4 is 10.1 Å². The van der Waals surface area contributed by atoms with E-state index in [1.807, 2.05) is 24.3 Å². The van der Waals surface area contributed by atoms with Gasteiger partial charge in [0.25, 0.3) is 0 Å². The highest BCUT2D eigenvalue weighted by atomic mass is 16.5. The minimum atomic E-state index is -0.387. The second-order valence-electron chi connectivity index (χ2n) is 4.58. The van der Waals surface area contributed by atoms with Crippen LogP contribution in [0.1, 0.15) is 24.4 Å². The highest BCUT2D eigenvalue weighted by molar-refractivity contribution is 5.77. The van der Waals surface area contributed by atoms with Crippen molar-refractivity contribution in [1.29, 1.82) is 0 Å². The molecule has 4 nitrogen and oxygen atoms in total. The van der Waals surface area contributed by atoms with Crippen molar-refractivity contribution >= 4 is 5.97 Å². The number of carbonyl (C=O) groups excluding carboxylic acids is 1. The van der Waals surface area contributed by atoms with E-state index < -0.39 is 0 Å². The molecule has 1 unspecified atom stereocenters. The summed E-state index contributed by atoms with van der Waals surface area (Å²) in [5.41, 5.74) is 0.906. The molecular formula is C14H19NO3. The first-order valence-corrected chi connectivity index (χ1v) is 6.19. The van der Waals surface area contributed by atoms with Crippen LogP contribution in [0, 0.1) is 5.92 Å². The Bertz CT molecular complexity index is 398. The lowest BCUT2D eigenvalue weighted by molar-refractivity contribution is -0.143. The minimum absolute atomic E-state index is 0.249. The summed E-state index contributed by atoms with van der Waals surface area (Å²) in [4.78, 5) is 11.8. The Morgan fingerprint density at radius 3 is 2.50 bits per heavy atom. The number of carbonyl (C=O) groups is 1. The predicted molar refractivity (Wildman–Crippen MR) is 68.5 cm³/mol. The molecule has 2 rings (SSSR count). The number of methoxy groups -OCH3 is 2. The number of hydrogen-bond donors (Lipinski definition) is 1. The van der Waals surface area contributed by atoms with Gasteiger partial charge in [0.2, 0.25) is 0 Å². The second kappa shape index (κ2) is 5.87. The third-order valence-corrected chi connectivity index (χ3v) is 3.19. The molecule has 1 aliphatic rings. The van der Waals surface area contributed by atoms with Crippen LogP contribution in [0.5, 0.6) is 5.75 Å². The molecule has 1 aliphatic carbocycles. The van der Waals surface area contributed by atoms with Crippen molar-refractivity contribution in [1.82, 2.24) is 5.32 Å². The van der Waals surface area contributed by atoms with Crippen LogP contribution in [-0.2, 0) is 9.53 Å². The molecule has 0 amide bonds. The van der Waals surface area contributed by atoms with Gasteiger partial charge in [-0.05, 0) is 43.0 Å². The van der Waals surface area contributed by atoms with Crippen molar-refractivity contribution < 1.29 is 14.3 Å². The second-order valence-corrected chi connectivity index (χ2v) is 4.58. The van der Waals surface area contributed by atoms with Crippen LogP contribution in [0.3, 0.4) is 0 Å². The third-order valence-electron chi connectivity index (χ3n) is 3.19. The summed E-state index contributed by atoms with van der Waals surface area (Å²) in [6.07, 6.45) is 2.51. The Morgan fingerprint density at radius 1 is 1.33 bits per heavy atom. The Balaban J connectivity index is 2.06. The third kappa shape index (κ3) is 3.23. The van der Waals surface area contributed by atoms with Crippen molar-refractivity contribution in [2.75, 3.05) is 20.8 Å². The lowest BCUT2D eigenvalue weighted by Gasteiger charge is -2.17. The number of nitrogens with one attached hydrogen (secondary N) is 1. The fraction of sp³-hybridized carbons (Fsp3) is 0.500. The lowest BCUT2D eigenvalue weighted by atomic mass is 10.1. The molecule has 1 N–H and O–H groups in total. The summed E-state index contributed by atoms with van der Waals surface area (Å²) >= 11 is 0. The van der Waals surface area contributed by atoms with Gasteiger partial charge in [-0.2, -0.15) is 0 Å². The number of ether oxygens (including phenoxy) is 2. The highest BCUT2D eigenvalue weighted by Gasteiger charge is 2.26. The molecule has 0 bridgehead atoms. The van der Waals surface area contributed by atoms with Crippen LogP contribution in [-0.4, -0.2) is 26.7 Å². The molecule has 98 valence electrons. The maximum absolute atomic E-state index is 11.8. The van der Waals surface area contributed by atoms with Crippen molar-refractivity contribution in [3.8, 4) is 5.75 Å². The molecule has 0 saturated heterocycles. The molecule has 0 heterocycles. The van der Waals surface area contributed by atoms with E-state index in [0.29, 0.717) is 0 Å². The van der Waals surface area contributed by atoms with Crippen molar-refractivity contribution in [2.24, 2.45) is 5.92 Å². The standard InChI is InChI=1S/C14H19NO3/c1-17-12-7-5-11(6-8-12)13(14(16)18-2)15-9-10-3-4-10/h5-8,10,13,15H,3-4,9H2,1-2H3. The Labute approximate surface area is 107 Å². The lowest BCUT2D eigenvalue weighted by Crippen LogP contribution is -2.31. The predicted octanol–water partition coefficient (Wildman–Crippen LogP) is 1.91. The van der Waals surface area contributed by atoms with E-state index in [1.54, 1.807) is 7.11 Å². The van der Waals surface area contributed by atoms with Gasteiger partial charge in [0.05, 0.1) is 14.2 Å². The first kappa shape index (κ1) is 12.9.